The lowest BCUT2D eigenvalue weighted by atomic mass is 10.2. The molecule has 0 aliphatic carbocycles. The van der Waals surface area contributed by atoms with Crippen molar-refractivity contribution >= 4 is 23.9 Å². The lowest BCUT2D eigenvalue weighted by molar-refractivity contribution is -0.140. The zero-order chi connectivity index (χ0) is 15.1. The second-order valence-corrected chi connectivity index (χ2v) is 4.18. The van der Waals surface area contributed by atoms with E-state index in [0.717, 1.165) is 5.56 Å². The van der Waals surface area contributed by atoms with Gasteiger partial charge in [0.2, 0.25) is 5.91 Å². The molecule has 0 saturated heterocycles. The van der Waals surface area contributed by atoms with Crippen LogP contribution < -0.4 is 10.6 Å². The fourth-order valence-electron chi connectivity index (χ4n) is 1.40. The number of carbonyl (C=O) groups excluding carboxylic acids is 2. The largest absolute Gasteiger partial charge is 0.480 e. The third-order valence-corrected chi connectivity index (χ3v) is 2.38. The molecule has 0 fully saturated rings. The molecule has 0 aliphatic rings. The van der Waals surface area contributed by atoms with E-state index in [-0.39, 0.29) is 5.70 Å². The van der Waals surface area contributed by atoms with E-state index >= 15 is 0 Å². The van der Waals surface area contributed by atoms with Crippen molar-refractivity contribution in [2.45, 2.75) is 19.9 Å². The molecule has 0 radical (unpaired) electrons. The van der Waals surface area contributed by atoms with E-state index in [9.17, 15) is 14.4 Å². The zero-order valence-corrected chi connectivity index (χ0v) is 11.2. The Kier molecular flexibility index (Phi) is 5.46. The number of rotatable bonds is 5. The first-order valence-electron chi connectivity index (χ1n) is 5.98. The van der Waals surface area contributed by atoms with Crippen LogP contribution in [0.5, 0.6) is 0 Å². The highest BCUT2D eigenvalue weighted by Gasteiger charge is 2.17. The van der Waals surface area contributed by atoms with E-state index < -0.39 is 23.8 Å². The van der Waals surface area contributed by atoms with Gasteiger partial charge in [-0.3, -0.25) is 14.4 Å². The predicted octanol–water partition coefficient (Wildman–Crippen LogP) is 0.753. The number of benzene rings is 1. The standard InChI is InChI=1S/C14H16N2O4/c1-9(14(19)20)15-13(18)12(16-10(2)17)8-11-6-4-3-5-7-11/h3-9H,1-2H3,(H,15,18)(H,16,17)(H,19,20)/b12-8+/t9-/m0/s1. The van der Waals surface area contributed by atoms with Crippen molar-refractivity contribution in [3.8, 4) is 0 Å². The van der Waals surface area contributed by atoms with Gasteiger partial charge in [0.25, 0.3) is 5.91 Å². The minimum atomic E-state index is -1.15. The topological polar surface area (TPSA) is 95.5 Å². The Balaban J connectivity index is 2.95. The summed E-state index contributed by atoms with van der Waals surface area (Å²) in [7, 11) is 0. The molecular formula is C14H16N2O4. The third kappa shape index (κ3) is 4.93. The highest BCUT2D eigenvalue weighted by Crippen LogP contribution is 2.05. The van der Waals surface area contributed by atoms with Gasteiger partial charge in [-0.1, -0.05) is 30.3 Å². The molecule has 0 unspecified atom stereocenters. The summed E-state index contributed by atoms with van der Waals surface area (Å²) in [5, 5.41) is 13.4. The average Bonchev–Trinajstić information content (AvgIpc) is 2.38. The van der Waals surface area contributed by atoms with Gasteiger partial charge in [-0.05, 0) is 18.6 Å². The van der Waals surface area contributed by atoms with Gasteiger partial charge in [0, 0.05) is 6.92 Å². The van der Waals surface area contributed by atoms with Crippen molar-refractivity contribution in [1.29, 1.82) is 0 Å². The maximum absolute atomic E-state index is 11.9. The van der Waals surface area contributed by atoms with Crippen LogP contribution in [-0.4, -0.2) is 28.9 Å². The number of hydrogen-bond acceptors (Lipinski definition) is 3. The number of carbonyl (C=O) groups is 3. The molecule has 0 aromatic heterocycles. The smallest absolute Gasteiger partial charge is 0.325 e. The molecule has 6 heteroatoms. The Labute approximate surface area is 116 Å². The van der Waals surface area contributed by atoms with Crippen molar-refractivity contribution in [2.24, 2.45) is 0 Å². The summed E-state index contributed by atoms with van der Waals surface area (Å²) in [5.41, 5.74) is 0.714. The van der Waals surface area contributed by atoms with E-state index in [2.05, 4.69) is 10.6 Å². The molecule has 1 aromatic rings. The quantitative estimate of drug-likeness (QED) is 0.692. The first-order chi connectivity index (χ1) is 9.40. The van der Waals surface area contributed by atoms with Gasteiger partial charge >= 0.3 is 5.97 Å². The first kappa shape index (κ1) is 15.4. The summed E-state index contributed by atoms with van der Waals surface area (Å²) >= 11 is 0. The summed E-state index contributed by atoms with van der Waals surface area (Å²) in [6, 6.07) is 7.87. The fourth-order valence-corrected chi connectivity index (χ4v) is 1.40. The maximum atomic E-state index is 11.9. The van der Waals surface area contributed by atoms with Gasteiger partial charge in [-0.2, -0.15) is 0 Å². The van der Waals surface area contributed by atoms with E-state index in [1.807, 2.05) is 6.07 Å². The molecule has 0 heterocycles. The highest BCUT2D eigenvalue weighted by molar-refractivity contribution is 6.02. The second kappa shape index (κ2) is 7.08. The summed E-state index contributed by atoms with van der Waals surface area (Å²) in [5.74, 6) is -2.22. The van der Waals surface area contributed by atoms with Gasteiger partial charge in [-0.15, -0.1) is 0 Å². The van der Waals surface area contributed by atoms with Gasteiger partial charge in [-0.25, -0.2) is 0 Å². The monoisotopic (exact) mass is 276 g/mol. The second-order valence-electron chi connectivity index (χ2n) is 4.18. The molecule has 0 saturated carbocycles. The summed E-state index contributed by atoms with van der Waals surface area (Å²) in [6.45, 7) is 2.61. The van der Waals surface area contributed by atoms with Crippen molar-refractivity contribution < 1.29 is 19.5 Å². The van der Waals surface area contributed by atoms with Gasteiger partial charge < -0.3 is 15.7 Å². The van der Waals surface area contributed by atoms with Gasteiger partial charge in [0.05, 0.1) is 0 Å². The average molecular weight is 276 g/mol. The highest BCUT2D eigenvalue weighted by atomic mass is 16.4. The lowest BCUT2D eigenvalue weighted by Crippen LogP contribution is -2.42. The van der Waals surface area contributed by atoms with E-state index in [4.69, 9.17) is 5.11 Å². The predicted molar refractivity (Wildman–Crippen MR) is 73.5 cm³/mol. The van der Waals surface area contributed by atoms with Crippen LogP contribution in [0.4, 0.5) is 0 Å². The molecule has 106 valence electrons. The molecule has 6 nitrogen and oxygen atoms in total. The minimum Gasteiger partial charge on any atom is -0.480 e. The molecule has 3 N–H and O–H groups in total. The molecular weight excluding hydrogens is 260 g/mol. The molecule has 0 aliphatic heterocycles. The summed E-state index contributed by atoms with van der Waals surface area (Å²) in [4.78, 5) is 33.8. The third-order valence-electron chi connectivity index (χ3n) is 2.38. The molecule has 1 aromatic carbocycles. The van der Waals surface area contributed by atoms with E-state index in [1.165, 1.54) is 19.9 Å². The number of nitrogens with one attached hydrogen (secondary N) is 2. The van der Waals surface area contributed by atoms with Crippen molar-refractivity contribution in [2.75, 3.05) is 0 Å². The fraction of sp³-hybridized carbons (Fsp3) is 0.214. The molecule has 1 atom stereocenters. The van der Waals surface area contributed by atoms with Crippen LogP contribution in [0.15, 0.2) is 36.0 Å². The molecule has 2 amide bonds. The Hall–Kier alpha value is -2.63. The maximum Gasteiger partial charge on any atom is 0.325 e. The van der Waals surface area contributed by atoms with Crippen LogP contribution in [0.1, 0.15) is 19.4 Å². The summed E-state index contributed by atoms with van der Waals surface area (Å²) < 4.78 is 0. The van der Waals surface area contributed by atoms with Crippen LogP contribution in [0.3, 0.4) is 0 Å². The van der Waals surface area contributed by atoms with Crippen LogP contribution in [-0.2, 0) is 14.4 Å². The van der Waals surface area contributed by atoms with E-state index in [1.54, 1.807) is 24.3 Å². The number of hydrogen-bond donors (Lipinski definition) is 3. The lowest BCUT2D eigenvalue weighted by Gasteiger charge is -2.12. The van der Waals surface area contributed by atoms with Crippen LogP contribution >= 0.6 is 0 Å². The Morgan fingerprint density at radius 2 is 1.80 bits per heavy atom. The van der Waals surface area contributed by atoms with Crippen LogP contribution in [0.25, 0.3) is 6.08 Å². The Morgan fingerprint density at radius 3 is 2.30 bits per heavy atom. The molecule has 1 rings (SSSR count). The molecule has 0 bridgehead atoms. The number of carboxylic acids is 1. The van der Waals surface area contributed by atoms with Crippen LogP contribution in [0, 0.1) is 0 Å². The zero-order valence-electron chi connectivity index (χ0n) is 11.2. The number of amides is 2. The van der Waals surface area contributed by atoms with Crippen molar-refractivity contribution in [3.05, 3.63) is 41.6 Å². The minimum absolute atomic E-state index is 0.00296. The number of carboxylic acid groups (broad SMARTS) is 1. The van der Waals surface area contributed by atoms with Gasteiger partial charge in [0.1, 0.15) is 11.7 Å². The normalized spacial score (nSPS) is 12.4. The Morgan fingerprint density at radius 1 is 1.20 bits per heavy atom. The SMILES string of the molecule is CC(=O)N/C(=C/c1ccccc1)C(=O)N[C@@H](C)C(=O)O. The van der Waals surface area contributed by atoms with E-state index in [0.29, 0.717) is 0 Å². The Bertz CT molecular complexity index is 537. The molecule has 20 heavy (non-hydrogen) atoms. The van der Waals surface area contributed by atoms with Crippen molar-refractivity contribution in [3.63, 3.8) is 0 Å². The van der Waals surface area contributed by atoms with Crippen molar-refractivity contribution in [1.82, 2.24) is 10.6 Å². The number of aliphatic carboxylic acids is 1. The van der Waals surface area contributed by atoms with Crippen LogP contribution in [0.2, 0.25) is 0 Å². The summed E-state index contributed by atoms with van der Waals surface area (Å²) in [6.07, 6.45) is 1.48. The van der Waals surface area contributed by atoms with Gasteiger partial charge in [0.15, 0.2) is 0 Å². The molecule has 0 spiro atoms. The first-order valence-corrected chi connectivity index (χ1v) is 5.98.